The van der Waals surface area contributed by atoms with Gasteiger partial charge in [0.25, 0.3) is 0 Å². The van der Waals surface area contributed by atoms with Crippen molar-refractivity contribution >= 4 is 0 Å². The molecule has 1 heterocycles. The van der Waals surface area contributed by atoms with Crippen LogP contribution >= 0.6 is 0 Å². The average molecular weight is 267 g/mol. The Morgan fingerprint density at radius 2 is 2.21 bits per heavy atom. The highest BCUT2D eigenvalue weighted by atomic mass is 19.1. The Labute approximate surface area is 108 Å². The van der Waals surface area contributed by atoms with Crippen LogP contribution in [0.15, 0.2) is 22.7 Å². The lowest BCUT2D eigenvalue weighted by Crippen LogP contribution is -2.36. The number of benzene rings is 1. The third kappa shape index (κ3) is 3.07. The van der Waals surface area contributed by atoms with Crippen molar-refractivity contribution in [1.29, 1.82) is 0 Å². The van der Waals surface area contributed by atoms with E-state index in [0.29, 0.717) is 5.56 Å². The van der Waals surface area contributed by atoms with Gasteiger partial charge in [0, 0.05) is 12.1 Å². The second-order valence-electron chi connectivity index (χ2n) is 4.56. The van der Waals surface area contributed by atoms with Gasteiger partial charge in [-0.3, -0.25) is 0 Å². The molecule has 7 heteroatoms. The molecule has 0 aliphatic rings. The Kier molecular flexibility index (Phi) is 3.50. The zero-order chi connectivity index (χ0) is 14.0. The molecule has 0 spiro atoms. The van der Waals surface area contributed by atoms with E-state index in [0.717, 1.165) is 6.07 Å². The van der Waals surface area contributed by atoms with Crippen LogP contribution in [0, 0.1) is 5.82 Å². The summed E-state index contributed by atoms with van der Waals surface area (Å²) in [7, 11) is 0. The van der Waals surface area contributed by atoms with Crippen molar-refractivity contribution in [3.05, 3.63) is 29.9 Å². The first-order valence-corrected chi connectivity index (χ1v) is 5.65. The number of phenolic OH excluding ortho intramolecular Hbond substituents is 1. The van der Waals surface area contributed by atoms with Crippen LogP contribution in [0.2, 0.25) is 0 Å². The third-order valence-corrected chi connectivity index (χ3v) is 2.65. The third-order valence-electron chi connectivity index (χ3n) is 2.65. The number of aromatic nitrogens is 2. The second kappa shape index (κ2) is 4.94. The summed E-state index contributed by atoms with van der Waals surface area (Å²) in [6, 6.07) is 3.77. The maximum Gasteiger partial charge on any atom is 0.229 e. The Balaban J connectivity index is 2.23. The van der Waals surface area contributed by atoms with Crippen molar-refractivity contribution in [2.24, 2.45) is 5.73 Å². The highest BCUT2D eigenvalue weighted by Crippen LogP contribution is 2.23. The maximum absolute atomic E-state index is 13.2. The summed E-state index contributed by atoms with van der Waals surface area (Å²) in [5.41, 5.74) is 4.63. The number of halogens is 1. The Bertz CT molecular complexity index is 583. The van der Waals surface area contributed by atoms with E-state index in [4.69, 9.17) is 15.4 Å². The Hall–Kier alpha value is -1.99. The summed E-state index contributed by atoms with van der Waals surface area (Å²) in [5.74, 6) is -0.822. The molecule has 1 atom stereocenters. The molecule has 0 amide bonds. The van der Waals surface area contributed by atoms with E-state index in [-0.39, 0.29) is 24.7 Å². The van der Waals surface area contributed by atoms with Crippen molar-refractivity contribution in [3.63, 3.8) is 0 Å². The standard InChI is InChI=1S/C12H14FN3O3/c1-12(18,6-14)5-10-15-11(16-19-10)7-2-3-9(17)8(13)4-7/h2-4,17-18H,5-6,14H2,1H3. The highest BCUT2D eigenvalue weighted by molar-refractivity contribution is 5.55. The van der Waals surface area contributed by atoms with E-state index >= 15 is 0 Å². The topological polar surface area (TPSA) is 105 Å². The molecule has 0 saturated heterocycles. The van der Waals surface area contributed by atoms with Gasteiger partial charge < -0.3 is 20.5 Å². The van der Waals surface area contributed by atoms with E-state index in [2.05, 4.69) is 10.1 Å². The zero-order valence-electron chi connectivity index (χ0n) is 10.3. The van der Waals surface area contributed by atoms with Crippen LogP contribution < -0.4 is 5.73 Å². The van der Waals surface area contributed by atoms with Crippen molar-refractivity contribution in [2.75, 3.05) is 6.54 Å². The minimum atomic E-state index is -1.13. The minimum Gasteiger partial charge on any atom is -0.505 e. The molecule has 2 aromatic rings. The van der Waals surface area contributed by atoms with Gasteiger partial charge in [0.05, 0.1) is 12.0 Å². The van der Waals surface area contributed by atoms with E-state index in [1.165, 1.54) is 12.1 Å². The maximum atomic E-state index is 13.2. The Morgan fingerprint density at radius 1 is 1.47 bits per heavy atom. The van der Waals surface area contributed by atoms with E-state index < -0.39 is 17.2 Å². The molecule has 2 rings (SSSR count). The van der Waals surface area contributed by atoms with E-state index in [1.807, 2.05) is 0 Å². The van der Waals surface area contributed by atoms with Gasteiger partial charge in [0.15, 0.2) is 11.6 Å². The normalized spacial score (nSPS) is 14.3. The quantitative estimate of drug-likeness (QED) is 0.757. The molecule has 0 bridgehead atoms. The SMILES string of the molecule is CC(O)(CN)Cc1nc(-c2ccc(O)c(F)c2)no1. The summed E-state index contributed by atoms with van der Waals surface area (Å²) in [4.78, 5) is 4.04. The molecule has 0 saturated carbocycles. The number of hydrogen-bond donors (Lipinski definition) is 3. The van der Waals surface area contributed by atoms with Crippen molar-refractivity contribution < 1.29 is 19.1 Å². The van der Waals surface area contributed by atoms with Gasteiger partial charge in [-0.2, -0.15) is 4.98 Å². The van der Waals surface area contributed by atoms with Crippen LogP contribution in [-0.2, 0) is 6.42 Å². The predicted molar refractivity (Wildman–Crippen MR) is 64.7 cm³/mol. The molecule has 4 N–H and O–H groups in total. The predicted octanol–water partition coefficient (Wildman–Crippen LogP) is 0.833. The number of aliphatic hydroxyl groups is 1. The fourth-order valence-electron chi connectivity index (χ4n) is 1.49. The molecule has 0 fully saturated rings. The first kappa shape index (κ1) is 13.4. The zero-order valence-corrected chi connectivity index (χ0v) is 10.3. The van der Waals surface area contributed by atoms with Crippen LogP contribution in [0.3, 0.4) is 0 Å². The molecule has 0 radical (unpaired) electrons. The number of phenols is 1. The summed E-state index contributed by atoms with van der Waals surface area (Å²) in [6.07, 6.45) is 0.108. The van der Waals surface area contributed by atoms with Gasteiger partial charge in [-0.25, -0.2) is 4.39 Å². The van der Waals surface area contributed by atoms with Gasteiger partial charge in [-0.15, -0.1) is 0 Å². The summed E-state index contributed by atoms with van der Waals surface area (Å²) >= 11 is 0. The van der Waals surface area contributed by atoms with Crippen LogP contribution in [0.5, 0.6) is 5.75 Å². The second-order valence-corrected chi connectivity index (χ2v) is 4.56. The largest absolute Gasteiger partial charge is 0.505 e. The molecule has 6 nitrogen and oxygen atoms in total. The summed E-state index contributed by atoms with van der Waals surface area (Å²) in [5, 5.41) is 22.6. The van der Waals surface area contributed by atoms with Crippen molar-refractivity contribution in [2.45, 2.75) is 18.9 Å². The number of nitrogens with two attached hydrogens (primary N) is 1. The first-order valence-electron chi connectivity index (χ1n) is 5.65. The first-order chi connectivity index (χ1) is 8.91. The van der Waals surface area contributed by atoms with Crippen molar-refractivity contribution in [1.82, 2.24) is 10.1 Å². The summed E-state index contributed by atoms with van der Waals surface area (Å²) in [6.45, 7) is 1.61. The molecular weight excluding hydrogens is 253 g/mol. The molecule has 102 valence electrons. The summed E-state index contributed by atoms with van der Waals surface area (Å²) < 4.78 is 18.2. The lowest BCUT2D eigenvalue weighted by Gasteiger charge is -2.17. The highest BCUT2D eigenvalue weighted by Gasteiger charge is 2.23. The number of aromatic hydroxyl groups is 1. The molecule has 19 heavy (non-hydrogen) atoms. The molecule has 1 aromatic heterocycles. The number of hydrogen-bond acceptors (Lipinski definition) is 6. The monoisotopic (exact) mass is 267 g/mol. The minimum absolute atomic E-state index is 0.0541. The molecule has 0 aliphatic heterocycles. The molecule has 1 unspecified atom stereocenters. The van der Waals surface area contributed by atoms with Crippen LogP contribution in [0.25, 0.3) is 11.4 Å². The van der Waals surface area contributed by atoms with Crippen LogP contribution in [0.1, 0.15) is 12.8 Å². The average Bonchev–Trinajstić information content (AvgIpc) is 2.80. The number of nitrogens with zero attached hydrogens (tertiary/aromatic N) is 2. The van der Waals surface area contributed by atoms with Gasteiger partial charge >= 0.3 is 0 Å². The van der Waals surface area contributed by atoms with Gasteiger partial charge in [0.1, 0.15) is 0 Å². The van der Waals surface area contributed by atoms with Gasteiger partial charge in [0.2, 0.25) is 11.7 Å². The van der Waals surface area contributed by atoms with Gasteiger partial charge in [-0.1, -0.05) is 5.16 Å². The molecular formula is C12H14FN3O3. The van der Waals surface area contributed by atoms with Gasteiger partial charge in [-0.05, 0) is 25.1 Å². The molecule has 1 aromatic carbocycles. The Morgan fingerprint density at radius 3 is 2.84 bits per heavy atom. The molecule has 0 aliphatic carbocycles. The number of rotatable bonds is 4. The fraction of sp³-hybridized carbons (Fsp3) is 0.333. The van der Waals surface area contributed by atoms with E-state index in [9.17, 15) is 9.50 Å². The fourth-order valence-corrected chi connectivity index (χ4v) is 1.49. The van der Waals surface area contributed by atoms with Crippen LogP contribution in [0.4, 0.5) is 4.39 Å². The van der Waals surface area contributed by atoms with E-state index in [1.54, 1.807) is 6.92 Å². The lowest BCUT2D eigenvalue weighted by molar-refractivity contribution is 0.0610. The van der Waals surface area contributed by atoms with Crippen molar-refractivity contribution in [3.8, 4) is 17.1 Å². The lowest BCUT2D eigenvalue weighted by atomic mass is 10.0. The van der Waals surface area contributed by atoms with Crippen LogP contribution in [-0.4, -0.2) is 32.5 Å². The smallest absolute Gasteiger partial charge is 0.229 e.